The minimum Gasteiger partial charge on any atom is -0.442 e. The van der Waals surface area contributed by atoms with Gasteiger partial charge in [0.15, 0.2) is 0 Å². The monoisotopic (exact) mass is 265 g/mol. The van der Waals surface area contributed by atoms with Gasteiger partial charge in [0, 0.05) is 5.70 Å². The Hall–Kier alpha value is -2.03. The Morgan fingerprint density at radius 2 is 2.37 bits per heavy atom. The van der Waals surface area contributed by atoms with Crippen LogP contribution in [0.4, 0.5) is 4.79 Å². The van der Waals surface area contributed by atoms with Crippen molar-refractivity contribution in [2.75, 3.05) is 13.1 Å². The van der Waals surface area contributed by atoms with Gasteiger partial charge in [0.05, 0.1) is 19.2 Å². The van der Waals surface area contributed by atoms with Crippen LogP contribution in [0, 0.1) is 11.3 Å². The number of carbonyl (C=O) groups excluding carboxylic acids is 2. The van der Waals surface area contributed by atoms with E-state index < -0.39 is 0 Å². The SMILES string of the molecule is CCC=C(CC)N1CC(CNC(=O)CC#N)OC1=O. The van der Waals surface area contributed by atoms with Crippen molar-refractivity contribution in [3.8, 4) is 6.07 Å². The molecule has 6 nitrogen and oxygen atoms in total. The van der Waals surface area contributed by atoms with Gasteiger partial charge in [-0.15, -0.1) is 0 Å². The number of amides is 2. The second-order valence-corrected chi connectivity index (χ2v) is 4.21. The third kappa shape index (κ3) is 4.28. The van der Waals surface area contributed by atoms with Crippen molar-refractivity contribution in [1.29, 1.82) is 5.26 Å². The number of hydrogen-bond acceptors (Lipinski definition) is 4. The normalized spacial score (nSPS) is 19.0. The molecule has 1 heterocycles. The fourth-order valence-corrected chi connectivity index (χ4v) is 1.91. The van der Waals surface area contributed by atoms with Crippen LogP contribution in [0.1, 0.15) is 33.1 Å². The Balaban J connectivity index is 2.51. The third-order valence-corrected chi connectivity index (χ3v) is 2.79. The first kappa shape index (κ1) is 15.0. The minimum absolute atomic E-state index is 0.180. The zero-order valence-corrected chi connectivity index (χ0v) is 11.3. The van der Waals surface area contributed by atoms with Crippen LogP contribution >= 0.6 is 0 Å². The van der Waals surface area contributed by atoms with E-state index in [0.29, 0.717) is 6.54 Å². The highest BCUT2D eigenvalue weighted by Gasteiger charge is 2.32. The molecule has 1 saturated heterocycles. The van der Waals surface area contributed by atoms with Crippen molar-refractivity contribution >= 4 is 12.0 Å². The molecule has 2 amide bonds. The van der Waals surface area contributed by atoms with E-state index in [0.717, 1.165) is 18.5 Å². The van der Waals surface area contributed by atoms with Crippen molar-refractivity contribution in [2.24, 2.45) is 0 Å². The van der Waals surface area contributed by atoms with Crippen molar-refractivity contribution < 1.29 is 14.3 Å². The quantitative estimate of drug-likeness (QED) is 0.789. The van der Waals surface area contributed by atoms with E-state index in [1.165, 1.54) is 0 Å². The average Bonchev–Trinajstić information content (AvgIpc) is 2.75. The van der Waals surface area contributed by atoms with Crippen molar-refractivity contribution in [3.63, 3.8) is 0 Å². The molecule has 0 bridgehead atoms. The molecule has 0 saturated carbocycles. The van der Waals surface area contributed by atoms with Crippen molar-refractivity contribution in [1.82, 2.24) is 10.2 Å². The molecule has 0 radical (unpaired) electrons. The number of nitriles is 1. The summed E-state index contributed by atoms with van der Waals surface area (Å²) in [4.78, 5) is 24.5. The molecular weight excluding hydrogens is 246 g/mol. The summed E-state index contributed by atoms with van der Waals surface area (Å²) >= 11 is 0. The number of hydrogen-bond donors (Lipinski definition) is 1. The smallest absolute Gasteiger partial charge is 0.414 e. The Morgan fingerprint density at radius 1 is 1.63 bits per heavy atom. The molecule has 6 heteroatoms. The van der Waals surface area contributed by atoms with Gasteiger partial charge >= 0.3 is 6.09 Å². The van der Waals surface area contributed by atoms with Crippen molar-refractivity contribution in [3.05, 3.63) is 11.8 Å². The van der Waals surface area contributed by atoms with Gasteiger partial charge in [-0.1, -0.05) is 19.9 Å². The zero-order valence-electron chi connectivity index (χ0n) is 11.3. The van der Waals surface area contributed by atoms with Gasteiger partial charge in [0.1, 0.15) is 12.5 Å². The van der Waals surface area contributed by atoms with Gasteiger partial charge < -0.3 is 10.1 Å². The van der Waals surface area contributed by atoms with Crippen molar-refractivity contribution in [2.45, 2.75) is 39.2 Å². The summed E-state index contributed by atoms with van der Waals surface area (Å²) in [5, 5.41) is 10.9. The van der Waals surface area contributed by atoms with E-state index in [2.05, 4.69) is 5.32 Å². The molecule has 1 unspecified atom stereocenters. The average molecular weight is 265 g/mol. The van der Waals surface area contributed by atoms with Crippen LogP contribution in [0.5, 0.6) is 0 Å². The molecule has 1 atom stereocenters. The Bertz CT molecular complexity index is 412. The first-order chi connectivity index (χ1) is 9.12. The Labute approximate surface area is 113 Å². The molecule has 1 fully saturated rings. The Morgan fingerprint density at radius 3 is 2.95 bits per heavy atom. The van der Waals surface area contributed by atoms with Crippen LogP contribution in [0.2, 0.25) is 0 Å². The van der Waals surface area contributed by atoms with Gasteiger partial charge in [-0.05, 0) is 12.8 Å². The maximum absolute atomic E-state index is 11.7. The van der Waals surface area contributed by atoms with Gasteiger partial charge in [0.2, 0.25) is 5.91 Å². The fraction of sp³-hybridized carbons (Fsp3) is 0.615. The minimum atomic E-state index is -0.374. The van der Waals surface area contributed by atoms with Gasteiger partial charge in [-0.2, -0.15) is 5.26 Å². The molecule has 1 N–H and O–H groups in total. The number of allylic oxidation sites excluding steroid dienone is 2. The summed E-state index contributed by atoms with van der Waals surface area (Å²) in [5.74, 6) is -0.350. The molecule has 0 aromatic rings. The topological polar surface area (TPSA) is 82.4 Å². The van der Waals surface area contributed by atoms with Gasteiger partial charge in [-0.3, -0.25) is 9.69 Å². The van der Waals surface area contributed by atoms with E-state index in [1.54, 1.807) is 11.0 Å². The zero-order chi connectivity index (χ0) is 14.3. The number of nitrogens with one attached hydrogen (secondary N) is 1. The van der Waals surface area contributed by atoms with Gasteiger partial charge in [0.25, 0.3) is 0 Å². The highest BCUT2D eigenvalue weighted by atomic mass is 16.6. The second-order valence-electron chi connectivity index (χ2n) is 4.21. The predicted molar refractivity (Wildman–Crippen MR) is 68.9 cm³/mol. The van der Waals surface area contributed by atoms with Gasteiger partial charge in [-0.25, -0.2) is 4.79 Å². The van der Waals surface area contributed by atoms with Crippen LogP contribution in [0.15, 0.2) is 11.8 Å². The number of ether oxygens (including phenoxy) is 1. The maximum atomic E-state index is 11.7. The molecule has 1 aliphatic heterocycles. The third-order valence-electron chi connectivity index (χ3n) is 2.79. The van der Waals surface area contributed by atoms with E-state index >= 15 is 0 Å². The first-order valence-corrected chi connectivity index (χ1v) is 6.43. The van der Waals surface area contributed by atoms with Crippen LogP contribution in [0.3, 0.4) is 0 Å². The van der Waals surface area contributed by atoms with Crippen LogP contribution in [-0.2, 0) is 9.53 Å². The first-order valence-electron chi connectivity index (χ1n) is 6.43. The summed E-state index contributed by atoms with van der Waals surface area (Å²) in [6.45, 7) is 4.67. The second kappa shape index (κ2) is 7.41. The Kier molecular flexibility index (Phi) is 5.86. The highest BCUT2D eigenvalue weighted by Crippen LogP contribution is 2.19. The number of rotatable bonds is 6. The number of nitrogens with zero attached hydrogens (tertiary/aromatic N) is 2. The summed E-state index contributed by atoms with van der Waals surface area (Å²) < 4.78 is 5.18. The molecule has 0 aliphatic carbocycles. The number of cyclic esters (lactones) is 1. The lowest BCUT2D eigenvalue weighted by Crippen LogP contribution is -2.34. The van der Waals surface area contributed by atoms with Crippen LogP contribution < -0.4 is 5.32 Å². The molecular formula is C13H19N3O3. The van der Waals surface area contributed by atoms with E-state index in [9.17, 15) is 9.59 Å². The summed E-state index contributed by atoms with van der Waals surface area (Å²) in [6.07, 6.45) is 2.70. The van der Waals surface area contributed by atoms with E-state index in [4.69, 9.17) is 10.00 Å². The highest BCUT2D eigenvalue weighted by molar-refractivity contribution is 5.78. The van der Waals surface area contributed by atoms with Crippen LogP contribution in [-0.4, -0.2) is 36.1 Å². The fourth-order valence-electron chi connectivity index (χ4n) is 1.91. The molecule has 0 aromatic heterocycles. The lowest BCUT2D eigenvalue weighted by molar-refractivity contribution is -0.120. The summed E-state index contributed by atoms with van der Waals surface area (Å²) in [7, 11) is 0. The lowest BCUT2D eigenvalue weighted by atomic mass is 10.2. The predicted octanol–water partition coefficient (Wildman–Crippen LogP) is 1.54. The van der Waals surface area contributed by atoms with E-state index in [1.807, 2.05) is 19.9 Å². The summed E-state index contributed by atoms with van der Waals surface area (Å²) in [5.41, 5.74) is 0.943. The molecule has 1 rings (SSSR count). The van der Waals surface area contributed by atoms with E-state index in [-0.39, 0.29) is 31.1 Å². The largest absolute Gasteiger partial charge is 0.442 e. The molecule has 0 spiro atoms. The lowest BCUT2D eigenvalue weighted by Gasteiger charge is -2.15. The van der Waals surface area contributed by atoms with Crippen LogP contribution in [0.25, 0.3) is 0 Å². The molecule has 0 aromatic carbocycles. The maximum Gasteiger partial charge on any atom is 0.414 e. The summed E-state index contributed by atoms with van der Waals surface area (Å²) in [6, 6.07) is 1.77. The molecule has 19 heavy (non-hydrogen) atoms. The molecule has 104 valence electrons. The number of carbonyl (C=O) groups is 2. The standard InChI is InChI=1S/C13H19N3O3/c1-3-5-10(4-2)16-9-11(19-13(16)18)8-15-12(17)6-7-14/h5,11H,3-4,6,8-9H2,1-2H3,(H,15,17). The molecule has 1 aliphatic rings.